The second-order valence-electron chi connectivity index (χ2n) is 5.15. The molecule has 0 saturated heterocycles. The lowest BCUT2D eigenvalue weighted by atomic mass is 9.77. The average molecular weight is 244 g/mol. The molecule has 1 nitrogen and oxygen atoms in total. The Morgan fingerprint density at radius 3 is 2.78 bits per heavy atom. The Morgan fingerprint density at radius 2 is 2.22 bits per heavy atom. The Labute approximate surface area is 109 Å². The fourth-order valence-corrected chi connectivity index (χ4v) is 2.82. The molecule has 1 aliphatic rings. The molecule has 18 heavy (non-hydrogen) atoms. The predicted octanol–water partition coefficient (Wildman–Crippen LogP) is 4.59. The smallest absolute Gasteiger partial charge is 0.141 e. The van der Waals surface area contributed by atoms with Crippen LogP contribution in [0.5, 0.6) is 0 Å². The number of rotatable bonds is 3. The molecule has 1 saturated carbocycles. The van der Waals surface area contributed by atoms with E-state index in [1.54, 1.807) is 6.07 Å². The molecule has 0 aliphatic heterocycles. The van der Waals surface area contributed by atoms with Gasteiger partial charge in [0.25, 0.3) is 0 Å². The third-order valence-corrected chi connectivity index (χ3v) is 3.88. The number of hydrogen-bond acceptors (Lipinski definition) is 1. The molecule has 2 rings (SSSR count). The molecule has 1 aromatic rings. The van der Waals surface area contributed by atoms with E-state index in [2.05, 4.69) is 13.3 Å². The molecule has 0 bridgehead atoms. The van der Waals surface area contributed by atoms with Crippen LogP contribution in [0.4, 0.5) is 4.39 Å². The van der Waals surface area contributed by atoms with Gasteiger partial charge in [0.2, 0.25) is 0 Å². The molecular weight excluding hydrogens is 225 g/mol. The first-order valence-corrected chi connectivity index (χ1v) is 6.77. The van der Waals surface area contributed by atoms with Crippen molar-refractivity contribution in [3.63, 3.8) is 0 Å². The molecule has 2 atom stereocenters. The summed E-state index contributed by atoms with van der Waals surface area (Å²) >= 11 is 0. The molecule has 0 amide bonds. The maximum Gasteiger partial charge on any atom is 0.141 e. The quantitative estimate of drug-likeness (QED) is 0.763. The maximum absolute atomic E-state index is 13.6. The normalized spacial score (nSPS) is 23.6. The van der Waals surface area contributed by atoms with Gasteiger partial charge in [-0.1, -0.05) is 25.8 Å². The van der Waals surface area contributed by atoms with Crippen molar-refractivity contribution in [2.75, 3.05) is 0 Å². The fourth-order valence-electron chi connectivity index (χ4n) is 2.82. The second-order valence-corrected chi connectivity index (χ2v) is 5.15. The van der Waals surface area contributed by atoms with E-state index in [1.807, 2.05) is 12.1 Å². The highest BCUT2D eigenvalue weighted by atomic mass is 19.1. The number of nitriles is 1. The van der Waals surface area contributed by atoms with E-state index in [9.17, 15) is 4.39 Å². The summed E-state index contributed by atoms with van der Waals surface area (Å²) in [6.07, 6.45) is 8.28. The fraction of sp³-hybridized carbons (Fsp3) is 0.500. The Hall–Kier alpha value is -1.36. The molecule has 1 fully saturated rings. The lowest BCUT2D eigenvalue weighted by molar-refractivity contribution is 0.384. The van der Waals surface area contributed by atoms with Gasteiger partial charge in [-0.15, -0.1) is 0 Å². The minimum atomic E-state index is -0.384. The van der Waals surface area contributed by atoms with Gasteiger partial charge < -0.3 is 0 Å². The van der Waals surface area contributed by atoms with E-state index in [0.29, 0.717) is 5.92 Å². The van der Waals surface area contributed by atoms with Crippen LogP contribution >= 0.6 is 0 Å². The van der Waals surface area contributed by atoms with Crippen molar-refractivity contribution < 1.29 is 4.39 Å². The van der Waals surface area contributed by atoms with Crippen LogP contribution in [0.2, 0.25) is 0 Å². The Balaban J connectivity index is 2.02. The van der Waals surface area contributed by atoms with Crippen LogP contribution < -0.4 is 0 Å². The zero-order valence-electron chi connectivity index (χ0n) is 10.8. The Bertz CT molecular complexity index is 439. The molecule has 2 heteroatoms. The SMILES string of the molecule is CCCC1[CH]CC(c2ccc(C#N)c(F)c2)CC1. The highest BCUT2D eigenvalue weighted by molar-refractivity contribution is 5.35. The first kappa shape index (κ1) is 13.1. The largest absolute Gasteiger partial charge is 0.206 e. The van der Waals surface area contributed by atoms with E-state index >= 15 is 0 Å². The summed E-state index contributed by atoms with van der Waals surface area (Å²) in [7, 11) is 0. The molecule has 0 N–H and O–H groups in total. The van der Waals surface area contributed by atoms with Crippen LogP contribution in [0.25, 0.3) is 0 Å². The van der Waals surface area contributed by atoms with Crippen molar-refractivity contribution in [1.82, 2.24) is 0 Å². The van der Waals surface area contributed by atoms with Crippen molar-refractivity contribution in [2.24, 2.45) is 5.92 Å². The standard InChI is InChI=1S/C16H19FN/c1-2-3-12-4-6-13(7-5-12)14-8-9-15(11-18)16(17)10-14/h4,8-10,12-13H,2-3,5-7H2,1H3. The van der Waals surface area contributed by atoms with Crippen molar-refractivity contribution >= 4 is 0 Å². The van der Waals surface area contributed by atoms with Gasteiger partial charge >= 0.3 is 0 Å². The molecule has 1 radical (unpaired) electrons. The summed E-state index contributed by atoms with van der Waals surface area (Å²) in [5, 5.41) is 8.72. The second kappa shape index (κ2) is 6.00. The third-order valence-electron chi connectivity index (χ3n) is 3.88. The summed E-state index contributed by atoms with van der Waals surface area (Å²) in [4.78, 5) is 0. The first-order chi connectivity index (χ1) is 8.74. The van der Waals surface area contributed by atoms with Crippen molar-refractivity contribution in [3.05, 3.63) is 41.6 Å². The van der Waals surface area contributed by atoms with Crippen LogP contribution in [0.3, 0.4) is 0 Å². The lowest BCUT2D eigenvalue weighted by Gasteiger charge is -2.28. The molecule has 0 heterocycles. The van der Waals surface area contributed by atoms with Crippen molar-refractivity contribution in [1.29, 1.82) is 5.26 Å². The van der Waals surface area contributed by atoms with E-state index in [4.69, 9.17) is 5.26 Å². The highest BCUT2D eigenvalue weighted by Gasteiger charge is 2.22. The number of benzene rings is 1. The van der Waals surface area contributed by atoms with Gasteiger partial charge in [-0.25, -0.2) is 4.39 Å². The van der Waals surface area contributed by atoms with Crippen LogP contribution in [0, 0.1) is 29.5 Å². The van der Waals surface area contributed by atoms with Gasteiger partial charge in [0.1, 0.15) is 11.9 Å². The summed E-state index contributed by atoms with van der Waals surface area (Å²) in [5.74, 6) is 0.792. The van der Waals surface area contributed by atoms with Gasteiger partial charge in [0, 0.05) is 0 Å². The highest BCUT2D eigenvalue weighted by Crippen LogP contribution is 2.37. The Kier molecular flexibility index (Phi) is 4.36. The first-order valence-electron chi connectivity index (χ1n) is 6.77. The van der Waals surface area contributed by atoms with Gasteiger partial charge in [0.05, 0.1) is 5.56 Å². The van der Waals surface area contributed by atoms with Crippen molar-refractivity contribution in [2.45, 2.75) is 44.9 Å². The van der Waals surface area contributed by atoms with Gasteiger partial charge in [-0.3, -0.25) is 0 Å². The number of hydrogen-bond donors (Lipinski definition) is 0. The minimum absolute atomic E-state index is 0.141. The summed E-state index contributed by atoms with van der Waals surface area (Å²) in [6.45, 7) is 2.22. The van der Waals surface area contributed by atoms with E-state index in [-0.39, 0.29) is 11.4 Å². The lowest BCUT2D eigenvalue weighted by Crippen LogP contribution is -2.14. The Morgan fingerprint density at radius 1 is 1.39 bits per heavy atom. The summed E-state index contributed by atoms with van der Waals surface area (Å²) in [6, 6.07) is 6.91. The van der Waals surface area contributed by atoms with E-state index in [0.717, 1.165) is 24.3 Å². The monoisotopic (exact) mass is 244 g/mol. The van der Waals surface area contributed by atoms with Crippen LogP contribution in [0.15, 0.2) is 18.2 Å². The van der Waals surface area contributed by atoms with Crippen LogP contribution in [0.1, 0.15) is 56.1 Å². The molecule has 1 aliphatic carbocycles. The van der Waals surface area contributed by atoms with Gasteiger partial charge in [-0.05, 0) is 55.2 Å². The number of halogens is 1. The zero-order valence-corrected chi connectivity index (χ0v) is 10.8. The van der Waals surface area contributed by atoms with Crippen LogP contribution in [-0.2, 0) is 0 Å². The average Bonchev–Trinajstić information content (AvgIpc) is 2.40. The number of nitrogens with zero attached hydrogens (tertiary/aromatic N) is 1. The van der Waals surface area contributed by atoms with Crippen molar-refractivity contribution in [3.8, 4) is 6.07 Å². The topological polar surface area (TPSA) is 23.8 Å². The van der Waals surface area contributed by atoms with Gasteiger partial charge in [-0.2, -0.15) is 5.26 Å². The third kappa shape index (κ3) is 2.90. The molecule has 95 valence electrons. The molecule has 0 spiro atoms. The van der Waals surface area contributed by atoms with Crippen LogP contribution in [-0.4, -0.2) is 0 Å². The van der Waals surface area contributed by atoms with E-state index in [1.165, 1.54) is 25.3 Å². The summed E-state index contributed by atoms with van der Waals surface area (Å²) in [5.41, 5.74) is 1.18. The molecule has 1 aromatic carbocycles. The van der Waals surface area contributed by atoms with Gasteiger partial charge in [0.15, 0.2) is 0 Å². The zero-order chi connectivity index (χ0) is 13.0. The molecular formula is C16H19FN. The molecule has 2 unspecified atom stereocenters. The van der Waals surface area contributed by atoms with E-state index < -0.39 is 0 Å². The minimum Gasteiger partial charge on any atom is -0.206 e. The molecule has 0 aromatic heterocycles. The summed E-state index contributed by atoms with van der Waals surface area (Å²) < 4.78 is 13.6. The predicted molar refractivity (Wildman–Crippen MR) is 70.4 cm³/mol. The maximum atomic E-state index is 13.6.